The van der Waals surface area contributed by atoms with Gasteiger partial charge in [-0.25, -0.2) is 8.78 Å². The number of rotatable bonds is 6. The normalized spacial score (nSPS) is 16.2. The molecule has 0 aliphatic heterocycles. The second-order valence-corrected chi connectivity index (χ2v) is 5.05. The van der Waals surface area contributed by atoms with Gasteiger partial charge in [-0.2, -0.15) is 0 Å². The number of hydrogen-bond acceptors (Lipinski definition) is 2. The maximum Gasteiger partial charge on any atom is 0.227 e. The minimum Gasteiger partial charge on any atom is -0.355 e. The first kappa shape index (κ1) is 13.9. The van der Waals surface area contributed by atoms with Crippen LogP contribution in [0.2, 0.25) is 0 Å². The van der Waals surface area contributed by atoms with Crippen LogP contribution < -0.4 is 10.6 Å². The molecule has 0 unspecified atom stereocenters. The van der Waals surface area contributed by atoms with Crippen LogP contribution in [0.3, 0.4) is 0 Å². The van der Waals surface area contributed by atoms with Crippen molar-refractivity contribution in [1.82, 2.24) is 10.6 Å². The van der Waals surface area contributed by atoms with E-state index in [1.807, 2.05) is 7.05 Å². The van der Waals surface area contributed by atoms with Crippen LogP contribution in [0, 0.1) is 17.0 Å². The van der Waals surface area contributed by atoms with Crippen molar-refractivity contribution < 1.29 is 13.6 Å². The Balaban J connectivity index is 1.82. The van der Waals surface area contributed by atoms with E-state index in [0.717, 1.165) is 18.9 Å². The number of nitrogens with one attached hydrogen (secondary N) is 2. The molecule has 1 aliphatic rings. The smallest absolute Gasteiger partial charge is 0.227 e. The third kappa shape index (κ3) is 3.29. The molecule has 1 saturated carbocycles. The molecular formula is C14H18F2N2O. The molecule has 5 heteroatoms. The summed E-state index contributed by atoms with van der Waals surface area (Å²) < 4.78 is 26.1. The highest BCUT2D eigenvalue weighted by atomic mass is 19.1. The van der Waals surface area contributed by atoms with Gasteiger partial charge in [0, 0.05) is 19.2 Å². The fourth-order valence-corrected chi connectivity index (χ4v) is 2.20. The molecular weight excluding hydrogens is 250 g/mol. The summed E-state index contributed by atoms with van der Waals surface area (Å²) in [5.41, 5.74) is 0.149. The van der Waals surface area contributed by atoms with Crippen molar-refractivity contribution in [3.63, 3.8) is 0 Å². The number of hydrogen-bond donors (Lipinski definition) is 2. The predicted molar refractivity (Wildman–Crippen MR) is 68.7 cm³/mol. The number of carbonyl (C=O) groups excluding carboxylic acids is 1. The second-order valence-electron chi connectivity index (χ2n) is 5.05. The molecule has 0 bridgehead atoms. The van der Waals surface area contributed by atoms with Crippen molar-refractivity contribution in [2.45, 2.75) is 19.3 Å². The second kappa shape index (κ2) is 5.65. The zero-order chi connectivity index (χ0) is 13.9. The van der Waals surface area contributed by atoms with Crippen molar-refractivity contribution in [2.75, 3.05) is 20.1 Å². The van der Waals surface area contributed by atoms with E-state index in [0.29, 0.717) is 25.1 Å². The Morgan fingerprint density at radius 2 is 2.11 bits per heavy atom. The van der Waals surface area contributed by atoms with Gasteiger partial charge in [-0.15, -0.1) is 0 Å². The summed E-state index contributed by atoms with van der Waals surface area (Å²) in [5, 5.41) is 5.83. The van der Waals surface area contributed by atoms with Gasteiger partial charge >= 0.3 is 0 Å². The Labute approximate surface area is 111 Å². The fourth-order valence-electron chi connectivity index (χ4n) is 2.20. The summed E-state index contributed by atoms with van der Waals surface area (Å²) in [4.78, 5) is 11.9. The fraction of sp³-hybridized carbons (Fsp3) is 0.500. The molecule has 1 aromatic carbocycles. The van der Waals surface area contributed by atoms with Crippen LogP contribution in [0.25, 0.3) is 0 Å². The van der Waals surface area contributed by atoms with E-state index in [2.05, 4.69) is 10.6 Å². The van der Waals surface area contributed by atoms with Gasteiger partial charge in [0.15, 0.2) is 0 Å². The van der Waals surface area contributed by atoms with Gasteiger partial charge < -0.3 is 10.6 Å². The van der Waals surface area contributed by atoms with Crippen molar-refractivity contribution in [2.24, 2.45) is 5.41 Å². The molecule has 1 aromatic rings. The molecule has 1 fully saturated rings. The first-order valence-electron chi connectivity index (χ1n) is 6.44. The van der Waals surface area contributed by atoms with Crippen LogP contribution in [-0.4, -0.2) is 26.0 Å². The monoisotopic (exact) mass is 268 g/mol. The van der Waals surface area contributed by atoms with E-state index in [-0.39, 0.29) is 11.3 Å². The van der Waals surface area contributed by atoms with Crippen molar-refractivity contribution in [1.29, 1.82) is 0 Å². The molecule has 2 rings (SSSR count). The van der Waals surface area contributed by atoms with Crippen molar-refractivity contribution >= 4 is 5.91 Å². The highest BCUT2D eigenvalue weighted by molar-refractivity contribution is 5.85. The largest absolute Gasteiger partial charge is 0.355 e. The lowest BCUT2D eigenvalue weighted by Gasteiger charge is -2.14. The van der Waals surface area contributed by atoms with Crippen LogP contribution in [0.4, 0.5) is 8.78 Å². The average molecular weight is 268 g/mol. The Hall–Kier alpha value is -1.49. The first-order chi connectivity index (χ1) is 9.07. The summed E-state index contributed by atoms with van der Waals surface area (Å²) in [6.07, 6.45) is 2.16. The molecule has 0 aromatic heterocycles. The van der Waals surface area contributed by atoms with Crippen LogP contribution >= 0.6 is 0 Å². The lowest BCUT2D eigenvalue weighted by atomic mass is 10.1. The highest BCUT2D eigenvalue weighted by Crippen LogP contribution is 2.45. The van der Waals surface area contributed by atoms with Gasteiger partial charge in [0.05, 0.1) is 5.41 Å². The number of halogens is 2. The average Bonchev–Trinajstić information content (AvgIpc) is 3.13. The van der Waals surface area contributed by atoms with E-state index in [4.69, 9.17) is 0 Å². The van der Waals surface area contributed by atoms with Gasteiger partial charge in [0.1, 0.15) is 11.6 Å². The molecule has 1 aliphatic carbocycles. The van der Waals surface area contributed by atoms with Crippen LogP contribution in [-0.2, 0) is 11.2 Å². The number of benzene rings is 1. The topological polar surface area (TPSA) is 41.1 Å². The molecule has 19 heavy (non-hydrogen) atoms. The minimum atomic E-state index is -0.587. The molecule has 104 valence electrons. The van der Waals surface area contributed by atoms with E-state index in [1.54, 1.807) is 0 Å². The van der Waals surface area contributed by atoms with Gasteiger partial charge in [-0.05, 0) is 37.9 Å². The third-order valence-electron chi connectivity index (χ3n) is 3.55. The molecule has 0 radical (unpaired) electrons. The van der Waals surface area contributed by atoms with Gasteiger partial charge in [0.2, 0.25) is 5.91 Å². The van der Waals surface area contributed by atoms with Crippen LogP contribution in [0.1, 0.15) is 18.4 Å². The Kier molecular flexibility index (Phi) is 4.14. The Morgan fingerprint density at radius 3 is 2.68 bits per heavy atom. The maximum atomic E-state index is 13.4. The molecule has 0 heterocycles. The van der Waals surface area contributed by atoms with E-state index in [1.165, 1.54) is 12.1 Å². The first-order valence-corrected chi connectivity index (χ1v) is 6.44. The molecule has 2 N–H and O–H groups in total. The summed E-state index contributed by atoms with van der Waals surface area (Å²) in [5.74, 6) is -1.13. The lowest BCUT2D eigenvalue weighted by Crippen LogP contribution is -2.38. The minimum absolute atomic E-state index is 0.0179. The molecule has 1 amide bonds. The molecule has 0 spiro atoms. The Bertz CT molecular complexity index is 473. The quantitative estimate of drug-likeness (QED) is 0.823. The van der Waals surface area contributed by atoms with Crippen molar-refractivity contribution in [3.8, 4) is 0 Å². The summed E-state index contributed by atoms with van der Waals surface area (Å²) >= 11 is 0. The van der Waals surface area contributed by atoms with E-state index >= 15 is 0 Å². The summed E-state index contributed by atoms with van der Waals surface area (Å²) in [6.45, 7) is 1.04. The standard InChI is InChI=1S/C14H18F2N2O/c1-17-9-14(5-6-14)13(19)18-7-4-10-2-3-11(15)8-12(10)16/h2-3,8,17H,4-7,9H2,1H3,(H,18,19). The highest BCUT2D eigenvalue weighted by Gasteiger charge is 2.48. The van der Waals surface area contributed by atoms with E-state index < -0.39 is 11.6 Å². The van der Waals surface area contributed by atoms with Crippen molar-refractivity contribution in [3.05, 3.63) is 35.4 Å². The number of carbonyl (C=O) groups is 1. The molecule has 0 atom stereocenters. The van der Waals surface area contributed by atoms with Gasteiger partial charge in [-0.1, -0.05) is 6.07 Å². The SMILES string of the molecule is CNCC1(C(=O)NCCc2ccc(F)cc2F)CC1. The third-order valence-corrected chi connectivity index (χ3v) is 3.55. The summed E-state index contributed by atoms with van der Waals surface area (Å²) in [7, 11) is 1.82. The molecule has 0 saturated heterocycles. The number of amides is 1. The zero-order valence-corrected chi connectivity index (χ0v) is 10.9. The van der Waals surface area contributed by atoms with Crippen LogP contribution in [0.15, 0.2) is 18.2 Å². The lowest BCUT2D eigenvalue weighted by molar-refractivity contribution is -0.126. The maximum absolute atomic E-state index is 13.4. The van der Waals surface area contributed by atoms with Crippen LogP contribution in [0.5, 0.6) is 0 Å². The zero-order valence-electron chi connectivity index (χ0n) is 10.9. The summed E-state index contributed by atoms with van der Waals surface area (Å²) in [6, 6.07) is 3.50. The molecule has 3 nitrogen and oxygen atoms in total. The van der Waals surface area contributed by atoms with E-state index in [9.17, 15) is 13.6 Å². The van der Waals surface area contributed by atoms with Gasteiger partial charge in [-0.3, -0.25) is 4.79 Å². The Morgan fingerprint density at radius 1 is 1.37 bits per heavy atom. The predicted octanol–water partition coefficient (Wildman–Crippen LogP) is 1.62. The van der Waals surface area contributed by atoms with Gasteiger partial charge in [0.25, 0.3) is 0 Å².